The SMILES string of the molecule is C=C(C#N)COC(=O)C(=C)C. The van der Waals surface area contributed by atoms with Crippen LogP contribution in [-0.2, 0) is 9.53 Å². The van der Waals surface area contributed by atoms with Gasteiger partial charge in [0.05, 0.1) is 11.6 Å². The summed E-state index contributed by atoms with van der Waals surface area (Å²) >= 11 is 0. The molecule has 0 radical (unpaired) electrons. The van der Waals surface area contributed by atoms with Gasteiger partial charge in [-0.05, 0) is 6.92 Å². The van der Waals surface area contributed by atoms with Gasteiger partial charge in [-0.25, -0.2) is 4.79 Å². The lowest BCUT2D eigenvalue weighted by Gasteiger charge is -2.00. The van der Waals surface area contributed by atoms with Gasteiger partial charge in [-0.15, -0.1) is 0 Å². The van der Waals surface area contributed by atoms with Gasteiger partial charge in [0, 0.05) is 5.57 Å². The van der Waals surface area contributed by atoms with E-state index in [0.717, 1.165) is 0 Å². The molecular weight excluding hydrogens is 142 g/mol. The van der Waals surface area contributed by atoms with Crippen LogP contribution in [0, 0.1) is 11.3 Å². The molecule has 3 heteroatoms. The topological polar surface area (TPSA) is 50.1 Å². The average Bonchev–Trinajstić information content (AvgIpc) is 1.99. The molecule has 11 heavy (non-hydrogen) atoms. The number of hydrogen-bond donors (Lipinski definition) is 0. The third kappa shape index (κ3) is 3.93. The summed E-state index contributed by atoms with van der Waals surface area (Å²) in [5.74, 6) is -0.499. The Hall–Kier alpha value is -1.56. The largest absolute Gasteiger partial charge is 0.457 e. The molecule has 0 aromatic carbocycles. The molecule has 0 saturated carbocycles. The molecule has 3 nitrogen and oxygen atoms in total. The van der Waals surface area contributed by atoms with Crippen molar-refractivity contribution in [2.24, 2.45) is 0 Å². The molecule has 0 heterocycles. The monoisotopic (exact) mass is 151 g/mol. The summed E-state index contributed by atoms with van der Waals surface area (Å²) in [7, 11) is 0. The first-order chi connectivity index (χ1) is 5.07. The standard InChI is InChI=1S/C8H9NO2/c1-6(2)8(10)11-5-7(3)4-9/h1,3,5H2,2H3. The molecule has 0 N–H and O–H groups in total. The summed E-state index contributed by atoms with van der Waals surface area (Å²) in [4.78, 5) is 10.7. The van der Waals surface area contributed by atoms with Crippen LogP contribution in [0.25, 0.3) is 0 Å². The average molecular weight is 151 g/mol. The summed E-state index contributed by atoms with van der Waals surface area (Å²) in [6.07, 6.45) is 0. The summed E-state index contributed by atoms with van der Waals surface area (Å²) in [5, 5.41) is 8.22. The highest BCUT2D eigenvalue weighted by atomic mass is 16.5. The molecule has 58 valence electrons. The Morgan fingerprint density at radius 2 is 2.18 bits per heavy atom. The number of carbonyl (C=O) groups excluding carboxylic acids is 1. The maximum atomic E-state index is 10.7. The lowest BCUT2D eigenvalue weighted by molar-refractivity contribution is -0.137. The number of esters is 1. The van der Waals surface area contributed by atoms with Crippen molar-refractivity contribution in [3.63, 3.8) is 0 Å². The Morgan fingerprint density at radius 3 is 2.55 bits per heavy atom. The van der Waals surface area contributed by atoms with Crippen molar-refractivity contribution in [3.8, 4) is 6.07 Å². The predicted octanol–water partition coefficient (Wildman–Crippen LogP) is 1.19. The van der Waals surface area contributed by atoms with Gasteiger partial charge in [0.15, 0.2) is 0 Å². The van der Waals surface area contributed by atoms with Crippen molar-refractivity contribution in [1.29, 1.82) is 5.26 Å². The summed E-state index contributed by atoms with van der Waals surface area (Å²) in [5.41, 5.74) is 0.537. The summed E-state index contributed by atoms with van der Waals surface area (Å²) in [6.45, 7) is 8.19. The Balaban J connectivity index is 3.74. The van der Waals surface area contributed by atoms with E-state index in [1.54, 1.807) is 6.07 Å². The lowest BCUT2D eigenvalue weighted by Crippen LogP contribution is -2.06. The van der Waals surface area contributed by atoms with Crippen molar-refractivity contribution in [2.75, 3.05) is 6.61 Å². The van der Waals surface area contributed by atoms with Crippen molar-refractivity contribution >= 4 is 5.97 Å². The molecule has 0 saturated heterocycles. The van der Waals surface area contributed by atoms with Gasteiger partial charge in [0.1, 0.15) is 6.61 Å². The first-order valence-corrected chi connectivity index (χ1v) is 2.98. The van der Waals surface area contributed by atoms with Gasteiger partial charge >= 0.3 is 5.97 Å². The number of ether oxygens (including phenoxy) is 1. The summed E-state index contributed by atoms with van der Waals surface area (Å²) < 4.78 is 4.60. The zero-order valence-corrected chi connectivity index (χ0v) is 6.39. The number of rotatable bonds is 3. The molecule has 0 aliphatic carbocycles. The molecule has 0 spiro atoms. The zero-order chi connectivity index (χ0) is 8.85. The number of carbonyl (C=O) groups is 1. The van der Waals surface area contributed by atoms with Gasteiger partial charge in [-0.3, -0.25) is 0 Å². The van der Waals surface area contributed by atoms with Crippen LogP contribution in [0.15, 0.2) is 24.3 Å². The minimum Gasteiger partial charge on any atom is -0.457 e. The third-order valence-electron chi connectivity index (χ3n) is 0.884. The number of nitrogens with zero attached hydrogens (tertiary/aromatic N) is 1. The fourth-order valence-electron chi connectivity index (χ4n) is 0.308. The first-order valence-electron chi connectivity index (χ1n) is 2.98. The van der Waals surface area contributed by atoms with Crippen LogP contribution in [0.3, 0.4) is 0 Å². The van der Waals surface area contributed by atoms with Crippen LogP contribution in [-0.4, -0.2) is 12.6 Å². The molecule has 0 unspecified atom stereocenters. The molecule has 0 atom stereocenters. The molecule has 0 fully saturated rings. The maximum absolute atomic E-state index is 10.7. The normalized spacial score (nSPS) is 8.00. The molecule has 0 amide bonds. The van der Waals surface area contributed by atoms with Crippen LogP contribution in [0.4, 0.5) is 0 Å². The zero-order valence-electron chi connectivity index (χ0n) is 6.39. The van der Waals surface area contributed by atoms with Gasteiger partial charge in [-0.2, -0.15) is 5.26 Å². The van der Waals surface area contributed by atoms with Crippen molar-refractivity contribution in [1.82, 2.24) is 0 Å². The Morgan fingerprint density at radius 1 is 1.64 bits per heavy atom. The van der Waals surface area contributed by atoms with E-state index < -0.39 is 5.97 Å². The van der Waals surface area contributed by atoms with E-state index in [0.29, 0.717) is 5.57 Å². The molecule has 0 aromatic rings. The second-order valence-corrected chi connectivity index (χ2v) is 2.07. The van der Waals surface area contributed by atoms with Gasteiger partial charge in [0.2, 0.25) is 0 Å². The van der Waals surface area contributed by atoms with E-state index in [-0.39, 0.29) is 12.2 Å². The van der Waals surface area contributed by atoms with E-state index in [4.69, 9.17) is 5.26 Å². The molecule has 0 aromatic heterocycles. The van der Waals surface area contributed by atoms with E-state index in [1.807, 2.05) is 0 Å². The van der Waals surface area contributed by atoms with E-state index in [1.165, 1.54) is 6.92 Å². The van der Waals surface area contributed by atoms with E-state index in [2.05, 4.69) is 17.9 Å². The molecular formula is C8H9NO2. The third-order valence-corrected chi connectivity index (χ3v) is 0.884. The minimum absolute atomic E-state index is 0.0534. The molecule has 0 bridgehead atoms. The first kappa shape index (κ1) is 9.44. The van der Waals surface area contributed by atoms with Crippen LogP contribution in [0.5, 0.6) is 0 Å². The summed E-state index contributed by atoms with van der Waals surface area (Å²) in [6, 6.07) is 1.76. The highest BCUT2D eigenvalue weighted by Gasteiger charge is 2.02. The molecule has 0 aliphatic rings. The van der Waals surface area contributed by atoms with Gasteiger partial charge in [-0.1, -0.05) is 13.2 Å². The Kier molecular flexibility index (Phi) is 3.68. The quantitative estimate of drug-likeness (QED) is 0.346. The van der Waals surface area contributed by atoms with Crippen molar-refractivity contribution < 1.29 is 9.53 Å². The van der Waals surface area contributed by atoms with Crippen molar-refractivity contribution in [3.05, 3.63) is 24.3 Å². The van der Waals surface area contributed by atoms with Gasteiger partial charge in [0.25, 0.3) is 0 Å². The van der Waals surface area contributed by atoms with Crippen LogP contribution >= 0.6 is 0 Å². The predicted molar refractivity (Wildman–Crippen MR) is 40.5 cm³/mol. The fourth-order valence-corrected chi connectivity index (χ4v) is 0.308. The lowest BCUT2D eigenvalue weighted by atomic mass is 10.3. The second kappa shape index (κ2) is 4.29. The van der Waals surface area contributed by atoms with Crippen LogP contribution in [0.1, 0.15) is 6.92 Å². The highest BCUT2D eigenvalue weighted by molar-refractivity contribution is 5.87. The van der Waals surface area contributed by atoms with E-state index in [9.17, 15) is 4.79 Å². The second-order valence-electron chi connectivity index (χ2n) is 2.07. The maximum Gasteiger partial charge on any atom is 0.333 e. The highest BCUT2D eigenvalue weighted by Crippen LogP contribution is 1.95. The smallest absolute Gasteiger partial charge is 0.333 e. The van der Waals surface area contributed by atoms with Crippen LogP contribution in [0.2, 0.25) is 0 Å². The Bertz CT molecular complexity index is 235. The molecule has 0 rings (SSSR count). The number of nitriles is 1. The van der Waals surface area contributed by atoms with Crippen molar-refractivity contribution in [2.45, 2.75) is 6.92 Å². The van der Waals surface area contributed by atoms with Crippen LogP contribution < -0.4 is 0 Å². The van der Waals surface area contributed by atoms with E-state index >= 15 is 0 Å². The minimum atomic E-state index is -0.499. The number of hydrogen-bond acceptors (Lipinski definition) is 3. The Labute approximate surface area is 65.6 Å². The van der Waals surface area contributed by atoms with Gasteiger partial charge < -0.3 is 4.74 Å². The molecule has 0 aliphatic heterocycles. The fraction of sp³-hybridized carbons (Fsp3) is 0.250.